The number of carboxylic acids is 2. The first-order valence-corrected chi connectivity index (χ1v) is 22.4. The third-order valence-electron chi connectivity index (χ3n) is 3.53. The first-order chi connectivity index (χ1) is 14.0. The van der Waals surface area contributed by atoms with E-state index < -0.39 is 75.9 Å². The molecule has 0 aliphatic carbocycles. The number of hydrogen-bond donors (Lipinski definition) is 0. The summed E-state index contributed by atoms with van der Waals surface area (Å²) in [7, 11) is -9.95. The molecule has 0 aromatic heterocycles. The van der Waals surface area contributed by atoms with Crippen molar-refractivity contribution in [3.05, 3.63) is 11.1 Å². The van der Waals surface area contributed by atoms with Gasteiger partial charge >= 0.3 is 15.0 Å². The molecule has 0 spiro atoms. The van der Waals surface area contributed by atoms with E-state index in [4.69, 9.17) is 12.3 Å². The number of hydrogen-bond acceptors (Lipinski definition) is 7. The van der Waals surface area contributed by atoms with Crippen molar-refractivity contribution in [3.8, 4) is 0 Å². The molecule has 32 heavy (non-hydrogen) atoms. The van der Waals surface area contributed by atoms with Crippen molar-refractivity contribution >= 4 is 45.7 Å². The van der Waals surface area contributed by atoms with Crippen LogP contribution in [0.2, 0.25) is 65.0 Å². The van der Waals surface area contributed by atoms with Gasteiger partial charge in [0.05, 0.1) is 18.4 Å². The molecule has 0 aliphatic heterocycles. The summed E-state index contributed by atoms with van der Waals surface area (Å²) >= 11 is 0. The van der Waals surface area contributed by atoms with Crippen molar-refractivity contribution in [3.63, 3.8) is 0 Å². The molecule has 14 heteroatoms. The quantitative estimate of drug-likeness (QED) is 0.265. The van der Waals surface area contributed by atoms with Crippen LogP contribution in [-0.2, 0) is 21.9 Å². The molecule has 7 nitrogen and oxygen atoms in total. The summed E-state index contributed by atoms with van der Waals surface area (Å²) in [5, 5.41) is 22.7. The average molecular weight is 533 g/mol. The van der Waals surface area contributed by atoms with Gasteiger partial charge in [-0.15, -0.1) is 0 Å². The zero-order valence-electron chi connectivity index (χ0n) is 20.3. The molecule has 0 heterocycles. The first-order valence-electron chi connectivity index (χ1n) is 10.3. The van der Waals surface area contributed by atoms with Crippen LogP contribution in [0.25, 0.3) is 0 Å². The third-order valence-corrected chi connectivity index (χ3v) is 15.6. The summed E-state index contributed by atoms with van der Waals surface area (Å²) in [6.45, 7) is 17.6. The number of alkyl halides is 3. The zero-order valence-corrected chi connectivity index (χ0v) is 24.3. The van der Waals surface area contributed by atoms with Gasteiger partial charge in [-0.3, -0.25) is 0 Å². The van der Waals surface area contributed by atoms with Gasteiger partial charge in [0, 0.05) is 6.04 Å². The molecule has 0 radical (unpaired) electrons. The molecule has 0 rings (SSSR count). The summed E-state index contributed by atoms with van der Waals surface area (Å²) in [4.78, 5) is 22.7. The summed E-state index contributed by atoms with van der Waals surface area (Å²) in [6.07, 6.45) is -7.28. The van der Waals surface area contributed by atoms with E-state index in [1.807, 2.05) is 58.9 Å². The summed E-state index contributed by atoms with van der Waals surface area (Å²) in [5.41, 5.74) is -2.26. The van der Waals surface area contributed by atoms with Gasteiger partial charge in [-0.05, 0) is 82.9 Å². The van der Waals surface area contributed by atoms with Gasteiger partial charge in [-0.2, -0.15) is 13.2 Å². The first kappa shape index (κ1) is 31.2. The Hall–Kier alpha value is -0.782. The minimum atomic E-state index is -4.91. The van der Waals surface area contributed by atoms with Crippen molar-refractivity contribution in [1.82, 2.24) is 0 Å². The minimum Gasteiger partial charge on any atom is -0.545 e. The molecule has 0 aromatic rings. The Bertz CT molecular complexity index is 665. The Balaban J connectivity index is 6.11. The van der Waals surface area contributed by atoms with Crippen molar-refractivity contribution < 1.29 is 45.3 Å². The normalized spacial score (nSPS) is 14.9. The number of carboxylic acid groups (broad SMARTS) is 2. The van der Waals surface area contributed by atoms with Gasteiger partial charge < -0.3 is 32.1 Å². The van der Waals surface area contributed by atoms with Crippen LogP contribution in [0.1, 0.15) is 19.3 Å². The van der Waals surface area contributed by atoms with E-state index in [2.05, 4.69) is 0 Å². The van der Waals surface area contributed by atoms with Gasteiger partial charge in [-0.1, -0.05) is 0 Å². The lowest BCUT2D eigenvalue weighted by atomic mass is 10.0. The molecule has 0 saturated carbocycles. The van der Waals surface area contributed by atoms with Crippen molar-refractivity contribution in [2.24, 2.45) is 0 Å². The van der Waals surface area contributed by atoms with Crippen LogP contribution in [0, 0.1) is 0 Å². The second kappa shape index (κ2) is 11.1. The number of carbonyl (C=O) groups is 2. The van der Waals surface area contributed by atoms with Crippen LogP contribution in [0.3, 0.4) is 0 Å². The van der Waals surface area contributed by atoms with Crippen LogP contribution < -0.4 is 10.2 Å². The van der Waals surface area contributed by atoms with Crippen LogP contribution in [-0.4, -0.2) is 51.9 Å². The lowest BCUT2D eigenvalue weighted by Crippen LogP contribution is -2.60. The monoisotopic (exact) mass is 532 g/mol. The molecular weight excluding hydrogens is 498 g/mol. The molecular formula is C18H35F3O7Si4-2. The standard InChI is InChI=1S/C18H37F3O7Si4/c1-29(2,3)26-32(27-30(4,5)6,28-31(7,8)9)12-10-11-14(16(22)23)15(17(24)25)13-18(19,20)21/h10-13H2,1-9H3,(H,22,23)(H,24,25)/p-2/b15-14+. The Labute approximate surface area is 192 Å². The predicted octanol–water partition coefficient (Wildman–Crippen LogP) is 3.01. The van der Waals surface area contributed by atoms with Crippen LogP contribution >= 0.6 is 0 Å². The third kappa shape index (κ3) is 13.7. The van der Waals surface area contributed by atoms with E-state index in [0.29, 0.717) is 0 Å². The maximum atomic E-state index is 12.8. The SMILES string of the molecule is C[Si](C)(C)O[Si](CCC/C(C(=O)[O-])=C(/CC(F)(F)F)C(=O)[O-])(O[Si](C)(C)C)O[Si](C)(C)C. The van der Waals surface area contributed by atoms with Crippen LogP contribution in [0.4, 0.5) is 13.2 Å². The predicted molar refractivity (Wildman–Crippen MR) is 121 cm³/mol. The summed E-state index contributed by atoms with van der Waals surface area (Å²) < 4.78 is 57.6. The van der Waals surface area contributed by atoms with Gasteiger partial charge in [-0.25, -0.2) is 0 Å². The second-order valence-electron chi connectivity index (χ2n) is 10.5. The Morgan fingerprint density at radius 3 is 1.31 bits per heavy atom. The Morgan fingerprint density at radius 2 is 1.06 bits per heavy atom. The molecule has 0 bridgehead atoms. The lowest BCUT2D eigenvalue weighted by Gasteiger charge is -2.43. The molecule has 0 fully saturated rings. The van der Waals surface area contributed by atoms with E-state index in [-0.39, 0.29) is 12.5 Å². The van der Waals surface area contributed by atoms with Gasteiger partial charge in [0.15, 0.2) is 25.0 Å². The smallest absolute Gasteiger partial charge is 0.469 e. The van der Waals surface area contributed by atoms with E-state index in [9.17, 15) is 33.0 Å². The second-order valence-corrected chi connectivity index (χ2v) is 27.5. The van der Waals surface area contributed by atoms with Gasteiger partial charge in [0.2, 0.25) is 0 Å². The molecule has 188 valence electrons. The number of carbonyl (C=O) groups excluding carboxylic acids is 2. The highest BCUT2D eigenvalue weighted by Crippen LogP contribution is 2.32. The van der Waals surface area contributed by atoms with E-state index in [1.54, 1.807) is 0 Å². The highest BCUT2D eigenvalue weighted by Gasteiger charge is 2.49. The number of rotatable bonds is 13. The molecule has 0 N–H and O–H groups in total. The summed E-state index contributed by atoms with van der Waals surface area (Å²) in [6, 6.07) is 0.148. The van der Waals surface area contributed by atoms with Crippen molar-refractivity contribution in [2.45, 2.75) is 90.4 Å². The molecule has 0 aliphatic rings. The number of aliphatic carboxylic acids is 2. The molecule has 0 atom stereocenters. The lowest BCUT2D eigenvalue weighted by molar-refractivity contribution is -0.305. The minimum absolute atomic E-state index is 0.00358. The highest BCUT2D eigenvalue weighted by molar-refractivity contribution is 6.90. The largest absolute Gasteiger partial charge is 0.545 e. The Kier molecular flexibility index (Phi) is 10.8. The molecule has 0 aromatic carbocycles. The van der Waals surface area contributed by atoms with Crippen LogP contribution in [0.5, 0.6) is 0 Å². The average Bonchev–Trinajstić information content (AvgIpc) is 2.42. The van der Waals surface area contributed by atoms with Gasteiger partial charge in [0.25, 0.3) is 0 Å². The van der Waals surface area contributed by atoms with E-state index >= 15 is 0 Å². The van der Waals surface area contributed by atoms with Gasteiger partial charge in [0.1, 0.15) is 0 Å². The van der Waals surface area contributed by atoms with E-state index in [0.717, 1.165) is 0 Å². The number of halogens is 3. The fourth-order valence-corrected chi connectivity index (χ4v) is 17.6. The summed E-state index contributed by atoms with van der Waals surface area (Å²) in [5.74, 6) is -4.15. The van der Waals surface area contributed by atoms with E-state index in [1.165, 1.54) is 0 Å². The van der Waals surface area contributed by atoms with Crippen molar-refractivity contribution in [1.29, 1.82) is 0 Å². The van der Waals surface area contributed by atoms with Crippen LogP contribution in [0.15, 0.2) is 11.1 Å². The van der Waals surface area contributed by atoms with Crippen molar-refractivity contribution in [2.75, 3.05) is 0 Å². The fourth-order valence-electron chi connectivity index (χ4n) is 2.98. The maximum Gasteiger partial charge on any atom is 0.469 e. The molecule has 0 unspecified atom stereocenters. The zero-order chi connectivity index (χ0) is 25.8. The maximum absolute atomic E-state index is 12.8. The highest BCUT2D eigenvalue weighted by atomic mass is 28.5. The molecule has 0 saturated heterocycles. The topological polar surface area (TPSA) is 108 Å². The fraction of sp³-hybridized carbons (Fsp3) is 0.778. The molecule has 0 amide bonds. The Morgan fingerprint density at radius 1 is 0.719 bits per heavy atom.